The normalized spacial score (nSPS) is 31.8. The fourth-order valence-corrected chi connectivity index (χ4v) is 3.87. The number of hydrogen-bond donors (Lipinski definition) is 2. The first-order chi connectivity index (χ1) is 10.6. The third-order valence-electron chi connectivity index (χ3n) is 5.42. The molecule has 6 heteroatoms. The SMILES string of the molecule is CN=C(NCCCOCC1CC1)NC1C2CCOC2C1(C)C.I. The maximum absolute atomic E-state index is 5.85. The van der Waals surface area contributed by atoms with Crippen molar-refractivity contribution < 1.29 is 9.47 Å². The Labute approximate surface area is 157 Å². The summed E-state index contributed by atoms with van der Waals surface area (Å²) >= 11 is 0. The number of rotatable bonds is 7. The molecule has 0 radical (unpaired) electrons. The highest BCUT2D eigenvalue weighted by Gasteiger charge is 2.59. The molecule has 3 unspecified atom stereocenters. The van der Waals surface area contributed by atoms with Gasteiger partial charge in [-0.2, -0.15) is 0 Å². The van der Waals surface area contributed by atoms with Gasteiger partial charge < -0.3 is 20.1 Å². The van der Waals surface area contributed by atoms with E-state index in [1.165, 1.54) is 12.8 Å². The molecule has 2 aliphatic carbocycles. The second kappa shape index (κ2) is 8.34. The van der Waals surface area contributed by atoms with Crippen molar-refractivity contribution in [2.45, 2.75) is 51.7 Å². The van der Waals surface area contributed by atoms with Gasteiger partial charge in [-0.25, -0.2) is 0 Å². The fraction of sp³-hybridized carbons (Fsp3) is 0.941. The summed E-state index contributed by atoms with van der Waals surface area (Å²) in [6.07, 6.45) is 5.32. The van der Waals surface area contributed by atoms with E-state index < -0.39 is 0 Å². The fourth-order valence-electron chi connectivity index (χ4n) is 3.87. The van der Waals surface area contributed by atoms with Crippen LogP contribution in [0.15, 0.2) is 4.99 Å². The predicted octanol–water partition coefficient (Wildman–Crippen LogP) is 2.40. The molecule has 0 bridgehead atoms. The van der Waals surface area contributed by atoms with Crippen LogP contribution in [0.25, 0.3) is 0 Å². The molecule has 0 aromatic carbocycles. The van der Waals surface area contributed by atoms with Crippen molar-refractivity contribution >= 4 is 29.9 Å². The largest absolute Gasteiger partial charge is 0.381 e. The van der Waals surface area contributed by atoms with E-state index in [1.54, 1.807) is 0 Å². The van der Waals surface area contributed by atoms with E-state index in [0.717, 1.165) is 51.1 Å². The van der Waals surface area contributed by atoms with Crippen molar-refractivity contribution in [1.29, 1.82) is 0 Å². The summed E-state index contributed by atoms with van der Waals surface area (Å²) < 4.78 is 11.5. The lowest BCUT2D eigenvalue weighted by Gasteiger charge is -2.54. The zero-order valence-corrected chi connectivity index (χ0v) is 17.0. The topological polar surface area (TPSA) is 54.9 Å². The molecule has 3 rings (SSSR count). The molecule has 1 saturated heterocycles. The number of hydrogen-bond acceptors (Lipinski definition) is 3. The van der Waals surface area contributed by atoms with Gasteiger partial charge in [-0.15, -0.1) is 24.0 Å². The van der Waals surface area contributed by atoms with Crippen molar-refractivity contribution in [2.24, 2.45) is 22.2 Å². The van der Waals surface area contributed by atoms with Crippen LogP contribution in [0, 0.1) is 17.3 Å². The molecule has 134 valence electrons. The monoisotopic (exact) mass is 437 g/mol. The van der Waals surface area contributed by atoms with E-state index in [9.17, 15) is 0 Å². The van der Waals surface area contributed by atoms with Crippen LogP contribution < -0.4 is 10.6 Å². The van der Waals surface area contributed by atoms with E-state index in [4.69, 9.17) is 9.47 Å². The van der Waals surface area contributed by atoms with Crippen LogP contribution in [0.5, 0.6) is 0 Å². The summed E-state index contributed by atoms with van der Waals surface area (Å²) in [5.74, 6) is 2.39. The van der Waals surface area contributed by atoms with Gasteiger partial charge in [0.1, 0.15) is 0 Å². The van der Waals surface area contributed by atoms with Gasteiger partial charge in [0.05, 0.1) is 6.10 Å². The van der Waals surface area contributed by atoms with E-state index in [2.05, 4.69) is 29.5 Å². The molecule has 3 aliphatic rings. The smallest absolute Gasteiger partial charge is 0.191 e. The van der Waals surface area contributed by atoms with E-state index in [0.29, 0.717) is 18.1 Å². The highest BCUT2D eigenvalue weighted by atomic mass is 127. The van der Waals surface area contributed by atoms with Crippen LogP contribution in [0.2, 0.25) is 0 Å². The van der Waals surface area contributed by atoms with E-state index in [-0.39, 0.29) is 29.4 Å². The van der Waals surface area contributed by atoms with Crippen LogP contribution in [-0.2, 0) is 9.47 Å². The third kappa shape index (κ3) is 4.51. The van der Waals surface area contributed by atoms with Gasteiger partial charge in [0.15, 0.2) is 5.96 Å². The maximum Gasteiger partial charge on any atom is 0.191 e. The van der Waals surface area contributed by atoms with Gasteiger partial charge in [0, 0.05) is 50.8 Å². The molecule has 0 spiro atoms. The summed E-state index contributed by atoms with van der Waals surface area (Å²) in [4.78, 5) is 4.36. The molecule has 0 aromatic rings. The van der Waals surface area contributed by atoms with Crippen LogP contribution in [0.1, 0.15) is 39.5 Å². The average molecular weight is 437 g/mol. The Bertz CT molecular complexity index is 413. The Balaban J connectivity index is 0.00000192. The number of nitrogens with zero attached hydrogens (tertiary/aromatic N) is 1. The number of nitrogens with one attached hydrogen (secondary N) is 2. The molecule has 1 heterocycles. The van der Waals surface area contributed by atoms with Crippen LogP contribution in [-0.4, -0.2) is 51.5 Å². The quantitative estimate of drug-likeness (QED) is 0.278. The lowest BCUT2D eigenvalue weighted by molar-refractivity contribution is -0.106. The number of guanidine groups is 1. The van der Waals surface area contributed by atoms with Gasteiger partial charge in [-0.1, -0.05) is 13.8 Å². The standard InChI is InChI=1S/C17H31N3O2.HI/c1-17(2)14(13-7-10-22-15(13)17)20-16(18-3)19-8-4-9-21-11-12-5-6-12;/h12-15H,4-11H2,1-3H3,(H2,18,19,20);1H. The van der Waals surface area contributed by atoms with Gasteiger partial charge >= 0.3 is 0 Å². The Morgan fingerprint density at radius 2 is 2.09 bits per heavy atom. The third-order valence-corrected chi connectivity index (χ3v) is 5.42. The highest BCUT2D eigenvalue weighted by molar-refractivity contribution is 14.0. The molecule has 5 nitrogen and oxygen atoms in total. The van der Waals surface area contributed by atoms with Gasteiger partial charge in [-0.3, -0.25) is 4.99 Å². The minimum absolute atomic E-state index is 0. The molecule has 23 heavy (non-hydrogen) atoms. The summed E-state index contributed by atoms with van der Waals surface area (Å²) in [5, 5.41) is 7.01. The van der Waals surface area contributed by atoms with Crippen molar-refractivity contribution in [3.8, 4) is 0 Å². The molecule has 2 N–H and O–H groups in total. The molecule has 3 atom stereocenters. The molecular formula is C17H32IN3O2. The minimum atomic E-state index is 0. The highest BCUT2D eigenvalue weighted by Crippen LogP contribution is 2.52. The van der Waals surface area contributed by atoms with E-state index in [1.807, 2.05) is 7.05 Å². The molecule has 1 aliphatic heterocycles. The molecule has 0 amide bonds. The van der Waals surface area contributed by atoms with Crippen LogP contribution in [0.3, 0.4) is 0 Å². The first-order valence-corrected chi connectivity index (χ1v) is 8.79. The lowest BCUT2D eigenvalue weighted by Crippen LogP contribution is -2.68. The lowest BCUT2D eigenvalue weighted by atomic mass is 9.57. The van der Waals surface area contributed by atoms with E-state index >= 15 is 0 Å². The Kier molecular flexibility index (Phi) is 6.98. The van der Waals surface area contributed by atoms with Crippen LogP contribution in [0.4, 0.5) is 0 Å². The second-order valence-electron chi connectivity index (χ2n) is 7.56. The van der Waals surface area contributed by atoms with Gasteiger partial charge in [-0.05, 0) is 31.6 Å². The number of halogens is 1. The number of aliphatic imine (C=N–C) groups is 1. The van der Waals surface area contributed by atoms with Crippen LogP contribution >= 0.6 is 24.0 Å². The summed E-state index contributed by atoms with van der Waals surface area (Å²) in [7, 11) is 1.84. The average Bonchev–Trinajstić information content (AvgIpc) is 3.21. The Morgan fingerprint density at radius 3 is 2.78 bits per heavy atom. The first kappa shape index (κ1) is 19.2. The Morgan fingerprint density at radius 1 is 1.30 bits per heavy atom. The molecule has 3 fully saturated rings. The second-order valence-corrected chi connectivity index (χ2v) is 7.56. The number of fused-ring (bicyclic) bond motifs is 1. The first-order valence-electron chi connectivity index (χ1n) is 8.79. The van der Waals surface area contributed by atoms with Gasteiger partial charge in [0.25, 0.3) is 0 Å². The summed E-state index contributed by atoms with van der Waals surface area (Å²) in [5.41, 5.74) is 0.187. The minimum Gasteiger partial charge on any atom is -0.381 e. The zero-order valence-electron chi connectivity index (χ0n) is 14.6. The van der Waals surface area contributed by atoms with Crippen molar-refractivity contribution in [3.05, 3.63) is 0 Å². The molecule has 0 aromatic heterocycles. The van der Waals surface area contributed by atoms with Gasteiger partial charge in [0.2, 0.25) is 0 Å². The zero-order chi connectivity index (χ0) is 15.6. The van der Waals surface area contributed by atoms with Crippen molar-refractivity contribution in [2.75, 3.05) is 33.4 Å². The predicted molar refractivity (Wildman–Crippen MR) is 103 cm³/mol. The maximum atomic E-state index is 5.85. The molecule has 2 saturated carbocycles. The number of ether oxygens (including phenoxy) is 2. The van der Waals surface area contributed by atoms with Crippen molar-refractivity contribution in [3.63, 3.8) is 0 Å². The molecular weight excluding hydrogens is 405 g/mol. The van der Waals surface area contributed by atoms with Crippen molar-refractivity contribution in [1.82, 2.24) is 10.6 Å². The summed E-state index contributed by atoms with van der Waals surface area (Å²) in [6.45, 7) is 8.18. The Hall–Kier alpha value is -0.0800. The summed E-state index contributed by atoms with van der Waals surface area (Å²) in [6, 6.07) is 0.456.